The molecule has 3 aromatic carbocycles. The third-order valence-electron chi connectivity index (χ3n) is 4.86. The average Bonchev–Trinajstić information content (AvgIpc) is 3.13. The van der Waals surface area contributed by atoms with Gasteiger partial charge in [-0.05, 0) is 48.0 Å². The highest BCUT2D eigenvalue weighted by molar-refractivity contribution is 7.17. The van der Waals surface area contributed by atoms with Crippen LogP contribution in [-0.4, -0.2) is 18.9 Å². The number of Topliss-reactive ketones (excluding diaryl/α,β-unsaturated/α-hetero) is 1. The quantitative estimate of drug-likeness (QED) is 0.431. The van der Waals surface area contributed by atoms with Gasteiger partial charge in [0.1, 0.15) is 18.1 Å². The van der Waals surface area contributed by atoms with Crippen LogP contribution in [0.2, 0.25) is 0 Å². The van der Waals surface area contributed by atoms with Crippen LogP contribution in [0.3, 0.4) is 0 Å². The predicted molar refractivity (Wildman–Crippen MR) is 115 cm³/mol. The van der Waals surface area contributed by atoms with Crippen LogP contribution in [0.5, 0.6) is 17.2 Å². The number of carbonyl (C=O) groups is 1. The van der Waals surface area contributed by atoms with E-state index in [-0.39, 0.29) is 5.78 Å². The van der Waals surface area contributed by atoms with Crippen molar-refractivity contribution in [2.24, 2.45) is 0 Å². The third-order valence-corrected chi connectivity index (χ3v) is 5.70. The highest BCUT2D eigenvalue weighted by Crippen LogP contribution is 2.37. The zero-order valence-corrected chi connectivity index (χ0v) is 16.4. The van der Waals surface area contributed by atoms with Crippen molar-refractivity contribution in [3.8, 4) is 17.2 Å². The van der Waals surface area contributed by atoms with Crippen LogP contribution < -0.4 is 14.4 Å². The Kier molecular flexibility index (Phi) is 4.66. The van der Waals surface area contributed by atoms with E-state index in [0.717, 1.165) is 32.8 Å². The summed E-state index contributed by atoms with van der Waals surface area (Å²) in [6.07, 6.45) is 0. The van der Waals surface area contributed by atoms with E-state index in [1.807, 2.05) is 65.6 Å². The summed E-state index contributed by atoms with van der Waals surface area (Å²) < 4.78 is 13.0. The lowest BCUT2D eigenvalue weighted by Crippen LogP contribution is -2.47. The number of nitrogens with zero attached hydrogens (tertiary/aromatic N) is 1. The summed E-state index contributed by atoms with van der Waals surface area (Å²) in [7, 11) is 0. The lowest BCUT2D eigenvalue weighted by Gasteiger charge is -2.31. The minimum absolute atomic E-state index is 0.275. The fourth-order valence-electron chi connectivity index (χ4n) is 3.24. The van der Waals surface area contributed by atoms with Crippen LogP contribution >= 0.6 is 11.3 Å². The third kappa shape index (κ3) is 3.82. The molecule has 5 rings (SSSR count). The Labute approximate surface area is 172 Å². The van der Waals surface area contributed by atoms with E-state index < -0.39 is 0 Å². The van der Waals surface area contributed by atoms with Crippen molar-refractivity contribution < 1.29 is 14.3 Å². The van der Waals surface area contributed by atoms with E-state index >= 15 is 0 Å². The molecule has 0 amide bonds. The molecular formula is C24H18NO3S. The van der Waals surface area contributed by atoms with Gasteiger partial charge in [-0.3, -0.25) is 4.79 Å². The zero-order valence-electron chi connectivity index (χ0n) is 15.6. The number of fused-ring (bicyclic) bond motifs is 1. The molecule has 0 saturated carbocycles. The largest absolute Gasteiger partial charge is 0.489 e. The van der Waals surface area contributed by atoms with Crippen LogP contribution in [-0.2, 0) is 11.4 Å². The minimum Gasteiger partial charge on any atom is -0.489 e. The molecule has 0 unspecified atom stereocenters. The number of carbonyl (C=O) groups excluding carboxylic acids is 1. The lowest BCUT2D eigenvalue weighted by molar-refractivity contribution is -0.119. The van der Waals surface area contributed by atoms with E-state index in [4.69, 9.17) is 9.47 Å². The first-order chi connectivity index (χ1) is 14.2. The van der Waals surface area contributed by atoms with Gasteiger partial charge in [0, 0.05) is 15.8 Å². The van der Waals surface area contributed by atoms with E-state index in [1.54, 1.807) is 0 Å². The molecule has 1 aromatic heterocycles. The SMILES string of the molecule is O=C1CN(c2ccc(Oc3[c]sc4cc(OCc5ccccc5)ccc34)cc2)C1. The lowest BCUT2D eigenvalue weighted by atomic mass is 10.1. The molecule has 0 spiro atoms. The molecular weight excluding hydrogens is 382 g/mol. The number of anilines is 1. The fourth-order valence-corrected chi connectivity index (χ4v) is 4.04. The predicted octanol–water partition coefficient (Wildman–Crippen LogP) is 5.46. The van der Waals surface area contributed by atoms with E-state index in [1.165, 1.54) is 11.3 Å². The molecule has 29 heavy (non-hydrogen) atoms. The molecule has 0 bridgehead atoms. The van der Waals surface area contributed by atoms with Crippen molar-refractivity contribution in [1.29, 1.82) is 0 Å². The number of benzene rings is 3. The zero-order chi connectivity index (χ0) is 19.6. The summed E-state index contributed by atoms with van der Waals surface area (Å²) in [6, 6.07) is 23.9. The molecule has 1 radical (unpaired) electrons. The number of hydrogen-bond donors (Lipinski definition) is 0. The van der Waals surface area contributed by atoms with Crippen LogP contribution in [0, 0.1) is 5.38 Å². The van der Waals surface area contributed by atoms with Crippen molar-refractivity contribution in [3.05, 3.63) is 83.7 Å². The number of hydrogen-bond acceptors (Lipinski definition) is 5. The van der Waals surface area contributed by atoms with Crippen LogP contribution in [0.15, 0.2) is 72.8 Å². The van der Waals surface area contributed by atoms with Gasteiger partial charge in [0.15, 0.2) is 11.5 Å². The molecule has 4 nitrogen and oxygen atoms in total. The number of ketones is 1. The second-order valence-electron chi connectivity index (χ2n) is 6.96. The monoisotopic (exact) mass is 400 g/mol. The van der Waals surface area contributed by atoms with Gasteiger partial charge < -0.3 is 14.4 Å². The standard InChI is InChI=1S/C24H18NO3S/c26-19-13-25(14-19)18-6-8-20(9-7-18)28-23-16-29-24-12-21(10-11-22(23)24)27-15-17-4-2-1-3-5-17/h1-12H,13-15H2. The molecule has 5 heteroatoms. The molecule has 2 heterocycles. The Hall–Kier alpha value is -3.31. The van der Waals surface area contributed by atoms with Crippen LogP contribution in [0.25, 0.3) is 10.1 Å². The van der Waals surface area contributed by atoms with Crippen LogP contribution in [0.4, 0.5) is 5.69 Å². The first kappa shape index (κ1) is 17.8. The van der Waals surface area contributed by atoms with Crippen molar-refractivity contribution in [3.63, 3.8) is 0 Å². The van der Waals surface area contributed by atoms with Crippen molar-refractivity contribution in [2.45, 2.75) is 6.61 Å². The van der Waals surface area contributed by atoms with Crippen molar-refractivity contribution >= 4 is 32.9 Å². The molecule has 1 aliphatic rings. The summed E-state index contributed by atoms with van der Waals surface area (Å²) in [5.74, 6) is 2.57. The maximum atomic E-state index is 11.1. The Morgan fingerprint density at radius 3 is 2.45 bits per heavy atom. The van der Waals surface area contributed by atoms with Crippen molar-refractivity contribution in [1.82, 2.24) is 0 Å². The van der Waals surface area contributed by atoms with Gasteiger partial charge in [-0.2, -0.15) is 0 Å². The smallest absolute Gasteiger partial charge is 0.171 e. The number of thiophene rings is 1. The Bertz CT molecular complexity index is 1140. The normalized spacial score (nSPS) is 13.4. The molecule has 0 aliphatic carbocycles. The fraction of sp³-hybridized carbons (Fsp3) is 0.125. The molecule has 1 fully saturated rings. The first-order valence-corrected chi connectivity index (χ1v) is 10.2. The van der Waals surface area contributed by atoms with Crippen LogP contribution in [0.1, 0.15) is 5.56 Å². The second kappa shape index (κ2) is 7.60. The summed E-state index contributed by atoms with van der Waals surface area (Å²) >= 11 is 1.51. The molecule has 0 N–H and O–H groups in total. The molecule has 4 aromatic rings. The Balaban J connectivity index is 1.28. The van der Waals surface area contributed by atoms with E-state index in [0.29, 0.717) is 25.4 Å². The Morgan fingerprint density at radius 1 is 0.931 bits per heavy atom. The summed E-state index contributed by atoms with van der Waals surface area (Å²) in [4.78, 5) is 13.2. The molecule has 1 aliphatic heterocycles. The Morgan fingerprint density at radius 2 is 1.69 bits per heavy atom. The average molecular weight is 400 g/mol. The van der Waals surface area contributed by atoms with Gasteiger partial charge in [0.25, 0.3) is 0 Å². The molecule has 1 saturated heterocycles. The van der Waals surface area contributed by atoms with Gasteiger partial charge in [0.2, 0.25) is 0 Å². The summed E-state index contributed by atoms with van der Waals surface area (Å²) in [6.45, 7) is 1.54. The molecule has 0 atom stereocenters. The minimum atomic E-state index is 0.275. The summed E-state index contributed by atoms with van der Waals surface area (Å²) in [5.41, 5.74) is 2.18. The van der Waals surface area contributed by atoms with Gasteiger partial charge in [-0.1, -0.05) is 30.3 Å². The van der Waals surface area contributed by atoms with Crippen molar-refractivity contribution in [2.75, 3.05) is 18.0 Å². The van der Waals surface area contributed by atoms with Gasteiger partial charge >= 0.3 is 0 Å². The van der Waals surface area contributed by atoms with E-state index in [9.17, 15) is 4.79 Å². The van der Waals surface area contributed by atoms with Gasteiger partial charge in [0.05, 0.1) is 18.5 Å². The van der Waals surface area contributed by atoms with E-state index in [2.05, 4.69) is 17.5 Å². The number of rotatable bonds is 6. The highest BCUT2D eigenvalue weighted by Gasteiger charge is 2.23. The highest BCUT2D eigenvalue weighted by atomic mass is 32.1. The topological polar surface area (TPSA) is 38.8 Å². The second-order valence-corrected chi connectivity index (χ2v) is 7.80. The van der Waals surface area contributed by atoms with Gasteiger partial charge in [-0.15, -0.1) is 11.3 Å². The molecule has 143 valence electrons. The summed E-state index contributed by atoms with van der Waals surface area (Å²) in [5, 5.41) is 4.25. The maximum Gasteiger partial charge on any atom is 0.171 e. The van der Waals surface area contributed by atoms with Gasteiger partial charge in [-0.25, -0.2) is 0 Å². The first-order valence-electron chi connectivity index (χ1n) is 9.40. The maximum absolute atomic E-state index is 11.1. The number of ether oxygens (including phenoxy) is 2.